The van der Waals surface area contributed by atoms with Crippen LogP contribution in [0.1, 0.15) is 17.2 Å². The summed E-state index contributed by atoms with van der Waals surface area (Å²) >= 11 is 0. The highest BCUT2D eigenvalue weighted by Gasteiger charge is 2.60. The Balaban J connectivity index is 1.60. The summed E-state index contributed by atoms with van der Waals surface area (Å²) in [6.45, 7) is 1.89. The number of para-hydroxylation sites is 2. The summed E-state index contributed by atoms with van der Waals surface area (Å²) in [4.78, 5) is 38.2. The minimum Gasteiger partial charge on any atom is -0.273 e. The van der Waals surface area contributed by atoms with Crippen molar-refractivity contribution in [2.45, 2.75) is 19.1 Å². The van der Waals surface area contributed by atoms with Gasteiger partial charge >= 0.3 is 0 Å². The number of aromatic nitrogens is 1. The second-order valence-electron chi connectivity index (χ2n) is 7.24. The summed E-state index contributed by atoms with van der Waals surface area (Å²) in [5, 5.41) is 1.69. The Labute approximate surface area is 168 Å². The quantitative estimate of drug-likeness (QED) is 0.647. The molecule has 5 rings (SSSR count). The van der Waals surface area contributed by atoms with Gasteiger partial charge in [0.2, 0.25) is 5.91 Å². The number of fused-ring (bicyclic) bond motifs is 1. The lowest BCUT2D eigenvalue weighted by atomic mass is 9.91. The lowest BCUT2D eigenvalue weighted by molar-refractivity contribution is -0.126. The molecule has 3 atom stereocenters. The van der Waals surface area contributed by atoms with E-state index in [1.54, 1.807) is 23.5 Å². The van der Waals surface area contributed by atoms with Gasteiger partial charge in [-0.05, 0) is 48.4 Å². The number of hydrogen-bond acceptors (Lipinski definition) is 5. The Bertz CT molecular complexity index is 1070. The van der Waals surface area contributed by atoms with Gasteiger partial charge in [0.05, 0.1) is 17.4 Å². The monoisotopic (exact) mass is 385 g/mol. The Morgan fingerprint density at radius 2 is 1.55 bits per heavy atom. The van der Waals surface area contributed by atoms with E-state index in [1.807, 2.05) is 67.6 Å². The highest BCUT2D eigenvalue weighted by Crippen LogP contribution is 2.47. The molecule has 0 spiro atoms. The summed E-state index contributed by atoms with van der Waals surface area (Å²) in [5.74, 6) is -1.20. The van der Waals surface area contributed by atoms with Crippen LogP contribution in [0.4, 0.5) is 11.4 Å². The largest absolute Gasteiger partial charge is 0.273 e. The van der Waals surface area contributed by atoms with E-state index in [4.69, 9.17) is 4.84 Å². The number of hydroxylamine groups is 1. The van der Waals surface area contributed by atoms with Crippen LogP contribution >= 0.6 is 0 Å². The molecule has 2 aliphatic heterocycles. The van der Waals surface area contributed by atoms with Gasteiger partial charge in [-0.1, -0.05) is 36.4 Å². The van der Waals surface area contributed by atoms with E-state index >= 15 is 0 Å². The summed E-state index contributed by atoms with van der Waals surface area (Å²) in [6.07, 6.45) is 2.51. The molecule has 2 amide bonds. The fourth-order valence-corrected chi connectivity index (χ4v) is 4.16. The van der Waals surface area contributed by atoms with Crippen LogP contribution in [0.15, 0.2) is 79.1 Å². The van der Waals surface area contributed by atoms with E-state index in [2.05, 4.69) is 4.98 Å². The summed E-state index contributed by atoms with van der Waals surface area (Å²) < 4.78 is 0. The molecule has 0 unspecified atom stereocenters. The summed E-state index contributed by atoms with van der Waals surface area (Å²) in [7, 11) is 0. The zero-order valence-corrected chi connectivity index (χ0v) is 15.8. The molecule has 2 aromatic carbocycles. The van der Waals surface area contributed by atoms with E-state index in [-0.39, 0.29) is 11.8 Å². The molecular weight excluding hydrogens is 366 g/mol. The number of amides is 2. The van der Waals surface area contributed by atoms with Gasteiger partial charge in [-0.2, -0.15) is 0 Å². The number of hydrogen-bond donors (Lipinski definition) is 0. The van der Waals surface area contributed by atoms with Gasteiger partial charge in [-0.25, -0.2) is 9.96 Å². The summed E-state index contributed by atoms with van der Waals surface area (Å²) in [5.41, 5.74) is 3.16. The van der Waals surface area contributed by atoms with Crippen molar-refractivity contribution >= 4 is 23.2 Å². The number of carbonyl (C=O) groups is 2. The van der Waals surface area contributed by atoms with Crippen LogP contribution in [-0.2, 0) is 14.4 Å². The third-order valence-corrected chi connectivity index (χ3v) is 5.53. The van der Waals surface area contributed by atoms with Gasteiger partial charge in [0.1, 0.15) is 5.92 Å². The maximum atomic E-state index is 13.5. The Morgan fingerprint density at radius 1 is 0.862 bits per heavy atom. The first-order valence-corrected chi connectivity index (χ1v) is 9.51. The zero-order chi connectivity index (χ0) is 20.0. The second kappa shape index (κ2) is 6.83. The van der Waals surface area contributed by atoms with Gasteiger partial charge in [-0.3, -0.25) is 19.4 Å². The molecule has 2 aliphatic rings. The molecule has 0 bridgehead atoms. The van der Waals surface area contributed by atoms with Gasteiger partial charge in [0, 0.05) is 12.4 Å². The smallest absolute Gasteiger partial charge is 0.266 e. The molecule has 3 heterocycles. The first-order chi connectivity index (χ1) is 14.2. The molecule has 0 N–H and O–H groups in total. The number of nitrogens with zero attached hydrogens (tertiary/aromatic N) is 3. The van der Waals surface area contributed by atoms with Crippen molar-refractivity contribution in [1.82, 2.24) is 4.98 Å². The minimum absolute atomic E-state index is 0.241. The first-order valence-electron chi connectivity index (χ1n) is 9.51. The third kappa shape index (κ3) is 2.72. The average molecular weight is 385 g/mol. The fourth-order valence-electron chi connectivity index (χ4n) is 4.16. The van der Waals surface area contributed by atoms with Crippen molar-refractivity contribution in [3.05, 3.63) is 90.3 Å². The zero-order valence-electron chi connectivity index (χ0n) is 15.8. The SMILES string of the molecule is Cc1ccccc1N1C(=O)[C@@H]2[C@H](ON(c3ccccc3)[C@@H]2c2ccncc2)C1=O. The lowest BCUT2D eigenvalue weighted by Crippen LogP contribution is -2.37. The van der Waals surface area contributed by atoms with Crippen molar-refractivity contribution in [2.75, 3.05) is 9.96 Å². The molecule has 1 aromatic heterocycles. The van der Waals surface area contributed by atoms with E-state index in [9.17, 15) is 9.59 Å². The molecule has 29 heavy (non-hydrogen) atoms. The molecule has 0 saturated carbocycles. The second-order valence-corrected chi connectivity index (χ2v) is 7.24. The van der Waals surface area contributed by atoms with Crippen LogP contribution in [0, 0.1) is 12.8 Å². The van der Waals surface area contributed by atoms with Crippen molar-refractivity contribution in [2.24, 2.45) is 5.92 Å². The number of aryl methyl sites for hydroxylation is 1. The molecular formula is C23H19N3O3. The number of anilines is 2. The normalized spacial score (nSPS) is 23.6. The van der Waals surface area contributed by atoms with Crippen molar-refractivity contribution in [3.8, 4) is 0 Å². The van der Waals surface area contributed by atoms with Crippen molar-refractivity contribution < 1.29 is 14.4 Å². The number of carbonyl (C=O) groups excluding carboxylic acids is 2. The van der Waals surface area contributed by atoms with Gasteiger partial charge in [-0.15, -0.1) is 0 Å². The van der Waals surface area contributed by atoms with Crippen LogP contribution in [0.25, 0.3) is 0 Å². The maximum absolute atomic E-state index is 13.5. The van der Waals surface area contributed by atoms with Crippen LogP contribution in [-0.4, -0.2) is 22.9 Å². The van der Waals surface area contributed by atoms with Crippen LogP contribution in [0.3, 0.4) is 0 Å². The molecule has 0 aliphatic carbocycles. The minimum atomic E-state index is -0.861. The Kier molecular flexibility index (Phi) is 4.14. The topological polar surface area (TPSA) is 62.7 Å². The van der Waals surface area contributed by atoms with Gasteiger partial charge in [0.25, 0.3) is 5.91 Å². The third-order valence-electron chi connectivity index (χ3n) is 5.53. The fraction of sp³-hybridized carbons (Fsp3) is 0.174. The predicted octanol–water partition coefficient (Wildman–Crippen LogP) is 3.44. The van der Waals surface area contributed by atoms with Crippen molar-refractivity contribution in [1.29, 1.82) is 0 Å². The van der Waals surface area contributed by atoms with Crippen LogP contribution in [0.5, 0.6) is 0 Å². The average Bonchev–Trinajstić information content (AvgIpc) is 3.26. The Morgan fingerprint density at radius 3 is 2.28 bits per heavy atom. The molecule has 2 saturated heterocycles. The van der Waals surface area contributed by atoms with E-state index in [0.29, 0.717) is 5.69 Å². The molecule has 6 nitrogen and oxygen atoms in total. The highest BCUT2D eigenvalue weighted by molar-refractivity contribution is 6.24. The number of benzene rings is 2. The maximum Gasteiger partial charge on any atom is 0.266 e. The van der Waals surface area contributed by atoms with E-state index < -0.39 is 18.1 Å². The lowest BCUT2D eigenvalue weighted by Gasteiger charge is -2.29. The van der Waals surface area contributed by atoms with Gasteiger partial charge < -0.3 is 0 Å². The van der Waals surface area contributed by atoms with Gasteiger partial charge in [0.15, 0.2) is 6.10 Å². The Hall–Kier alpha value is -3.51. The standard InChI is InChI=1S/C23H19N3O3/c1-15-7-5-6-10-18(15)25-22(27)19-20(16-11-13-24-14-12-16)26(29-21(19)23(25)28)17-8-3-2-4-9-17/h2-14,19-21H,1H3/t19-,20+,21-/m0/s1. The first kappa shape index (κ1) is 17.6. The molecule has 6 heteroatoms. The van der Waals surface area contributed by atoms with Crippen molar-refractivity contribution in [3.63, 3.8) is 0 Å². The molecule has 0 radical (unpaired) electrons. The summed E-state index contributed by atoms with van der Waals surface area (Å²) in [6, 6.07) is 20.2. The van der Waals surface area contributed by atoms with Crippen LogP contribution in [0.2, 0.25) is 0 Å². The van der Waals surface area contributed by atoms with E-state index in [0.717, 1.165) is 16.8 Å². The molecule has 2 fully saturated rings. The molecule has 144 valence electrons. The van der Waals surface area contributed by atoms with E-state index in [1.165, 1.54) is 4.90 Å². The number of rotatable bonds is 3. The van der Waals surface area contributed by atoms with Crippen LogP contribution < -0.4 is 9.96 Å². The number of pyridine rings is 1. The predicted molar refractivity (Wildman–Crippen MR) is 108 cm³/mol. The number of imide groups is 1. The molecule has 3 aromatic rings. The highest BCUT2D eigenvalue weighted by atomic mass is 16.7.